The third kappa shape index (κ3) is 3.31. The van der Waals surface area contributed by atoms with E-state index in [1.54, 1.807) is 24.3 Å². The van der Waals surface area contributed by atoms with Crippen molar-refractivity contribution >= 4 is 11.6 Å². The average Bonchev–Trinajstić information content (AvgIpc) is 2.67. The highest BCUT2D eigenvalue weighted by Crippen LogP contribution is 2.33. The number of nitrogens with one attached hydrogen (secondary N) is 1. The predicted octanol–water partition coefficient (Wildman–Crippen LogP) is 3.83. The molecule has 0 bridgehead atoms. The first-order valence-corrected chi connectivity index (χ1v) is 7.81. The molecule has 0 saturated heterocycles. The highest BCUT2D eigenvalue weighted by molar-refractivity contribution is 5.84. The Morgan fingerprint density at radius 1 is 0.962 bits per heavy atom. The third-order valence-electron chi connectivity index (χ3n) is 3.88. The van der Waals surface area contributed by atoms with Crippen molar-refractivity contribution in [1.29, 1.82) is 10.5 Å². The van der Waals surface area contributed by atoms with E-state index in [9.17, 15) is 14.9 Å². The van der Waals surface area contributed by atoms with Gasteiger partial charge in [-0.25, -0.2) is 9.37 Å². The molecule has 5 nitrogen and oxygen atoms in total. The van der Waals surface area contributed by atoms with Crippen LogP contribution < -0.4 is 11.1 Å². The van der Waals surface area contributed by atoms with Crippen LogP contribution in [0.25, 0.3) is 11.1 Å². The van der Waals surface area contributed by atoms with Crippen LogP contribution in [-0.4, -0.2) is 4.98 Å². The molecule has 0 spiro atoms. The minimum atomic E-state index is -0.321. The van der Waals surface area contributed by atoms with Gasteiger partial charge in [0.05, 0.1) is 0 Å². The molecular formula is C20H14FN5. The second kappa shape index (κ2) is 7.33. The van der Waals surface area contributed by atoms with Crippen LogP contribution in [0, 0.1) is 28.5 Å². The van der Waals surface area contributed by atoms with Crippen LogP contribution >= 0.6 is 0 Å². The molecule has 0 amide bonds. The number of hydrogen-bond donors (Lipinski definition) is 2. The van der Waals surface area contributed by atoms with E-state index in [2.05, 4.69) is 16.4 Å². The van der Waals surface area contributed by atoms with Crippen molar-refractivity contribution in [3.63, 3.8) is 0 Å². The molecule has 0 radical (unpaired) electrons. The van der Waals surface area contributed by atoms with Crippen molar-refractivity contribution < 1.29 is 4.39 Å². The van der Waals surface area contributed by atoms with Crippen LogP contribution in [0.5, 0.6) is 0 Å². The molecule has 26 heavy (non-hydrogen) atoms. The Labute approximate surface area is 150 Å². The molecule has 0 aliphatic rings. The fraction of sp³-hybridized carbons (Fsp3) is 0.0500. The summed E-state index contributed by atoms with van der Waals surface area (Å²) in [6, 6.07) is 19.2. The molecule has 0 aliphatic carbocycles. The van der Waals surface area contributed by atoms with Gasteiger partial charge < -0.3 is 11.1 Å². The molecule has 6 heteroatoms. The third-order valence-corrected chi connectivity index (χ3v) is 3.88. The van der Waals surface area contributed by atoms with E-state index in [1.807, 2.05) is 24.3 Å². The number of aromatic nitrogens is 1. The Balaban J connectivity index is 2.06. The van der Waals surface area contributed by atoms with Gasteiger partial charge in [-0.1, -0.05) is 42.5 Å². The van der Waals surface area contributed by atoms with E-state index in [4.69, 9.17) is 5.73 Å². The largest absolute Gasteiger partial charge is 0.383 e. The van der Waals surface area contributed by atoms with Crippen molar-refractivity contribution in [2.45, 2.75) is 6.54 Å². The van der Waals surface area contributed by atoms with E-state index >= 15 is 0 Å². The van der Waals surface area contributed by atoms with Crippen LogP contribution in [0.15, 0.2) is 54.6 Å². The van der Waals surface area contributed by atoms with Gasteiger partial charge in [0, 0.05) is 12.1 Å². The van der Waals surface area contributed by atoms with Gasteiger partial charge in [-0.3, -0.25) is 0 Å². The maximum Gasteiger partial charge on any atom is 0.147 e. The van der Waals surface area contributed by atoms with Crippen molar-refractivity contribution in [2.75, 3.05) is 11.1 Å². The molecule has 0 fully saturated rings. The lowest BCUT2D eigenvalue weighted by atomic mass is 9.96. The fourth-order valence-corrected chi connectivity index (χ4v) is 2.64. The summed E-state index contributed by atoms with van der Waals surface area (Å²) in [5, 5.41) is 22.2. The fourth-order valence-electron chi connectivity index (χ4n) is 2.64. The first-order valence-electron chi connectivity index (χ1n) is 7.81. The molecule has 3 rings (SSSR count). The van der Waals surface area contributed by atoms with Gasteiger partial charge in [-0.2, -0.15) is 10.5 Å². The molecule has 3 N–H and O–H groups in total. The Morgan fingerprint density at radius 2 is 1.62 bits per heavy atom. The minimum Gasteiger partial charge on any atom is -0.383 e. The number of nitrogens with two attached hydrogens (primary N) is 1. The monoisotopic (exact) mass is 343 g/mol. The molecule has 126 valence electrons. The maximum absolute atomic E-state index is 13.0. The van der Waals surface area contributed by atoms with Gasteiger partial charge in [0.15, 0.2) is 0 Å². The van der Waals surface area contributed by atoms with Crippen LogP contribution in [0.2, 0.25) is 0 Å². The first kappa shape index (κ1) is 16.9. The Morgan fingerprint density at radius 3 is 2.23 bits per heavy atom. The van der Waals surface area contributed by atoms with Crippen LogP contribution in [0.3, 0.4) is 0 Å². The summed E-state index contributed by atoms with van der Waals surface area (Å²) in [5.74, 6) is 0.0118. The summed E-state index contributed by atoms with van der Waals surface area (Å²) in [7, 11) is 0. The maximum atomic E-state index is 13.0. The normalized spacial score (nSPS) is 9.96. The molecular weight excluding hydrogens is 329 g/mol. The summed E-state index contributed by atoms with van der Waals surface area (Å²) < 4.78 is 13.0. The standard InChI is InChI=1S/C20H14FN5/c21-15-8-6-13(7-9-15)12-25-20-17(11-23)18(14-4-2-1-3-5-14)16(10-22)19(24)26-20/h1-9H,12H2,(H3,24,25,26). The lowest BCUT2D eigenvalue weighted by Crippen LogP contribution is -2.09. The number of pyridine rings is 1. The summed E-state index contributed by atoms with van der Waals surface area (Å²) in [6.07, 6.45) is 0. The number of anilines is 2. The van der Waals surface area contributed by atoms with Crippen LogP contribution in [0.4, 0.5) is 16.0 Å². The zero-order chi connectivity index (χ0) is 18.5. The second-order valence-corrected chi connectivity index (χ2v) is 5.54. The lowest BCUT2D eigenvalue weighted by molar-refractivity contribution is 0.627. The van der Waals surface area contributed by atoms with Crippen molar-refractivity contribution in [2.24, 2.45) is 0 Å². The van der Waals surface area contributed by atoms with Crippen molar-refractivity contribution in [3.05, 3.63) is 77.1 Å². The van der Waals surface area contributed by atoms with Gasteiger partial charge in [0.2, 0.25) is 0 Å². The number of benzene rings is 2. The summed E-state index contributed by atoms with van der Waals surface area (Å²) in [4.78, 5) is 4.18. The van der Waals surface area contributed by atoms with Crippen molar-refractivity contribution in [1.82, 2.24) is 4.98 Å². The minimum absolute atomic E-state index is 0.0481. The SMILES string of the molecule is N#Cc1c(N)nc(NCc2ccc(F)cc2)c(C#N)c1-c1ccccc1. The Bertz CT molecular complexity index is 1020. The quantitative estimate of drug-likeness (QED) is 0.750. The lowest BCUT2D eigenvalue weighted by Gasteiger charge is -2.14. The topological polar surface area (TPSA) is 98.5 Å². The zero-order valence-corrected chi connectivity index (χ0v) is 13.7. The smallest absolute Gasteiger partial charge is 0.147 e. The predicted molar refractivity (Wildman–Crippen MR) is 97.2 cm³/mol. The first-order chi connectivity index (χ1) is 12.6. The summed E-state index contributed by atoms with van der Waals surface area (Å²) in [6.45, 7) is 0.335. The molecule has 0 aliphatic heterocycles. The Kier molecular flexibility index (Phi) is 4.78. The van der Waals surface area contributed by atoms with Crippen LogP contribution in [-0.2, 0) is 6.54 Å². The van der Waals surface area contributed by atoms with Crippen LogP contribution in [0.1, 0.15) is 16.7 Å². The molecule has 3 aromatic rings. The molecule has 0 unspecified atom stereocenters. The second-order valence-electron chi connectivity index (χ2n) is 5.54. The number of nitrogen functional groups attached to an aromatic ring is 1. The van der Waals surface area contributed by atoms with Gasteiger partial charge in [-0.15, -0.1) is 0 Å². The number of rotatable bonds is 4. The van der Waals surface area contributed by atoms with Gasteiger partial charge in [-0.05, 0) is 23.3 Å². The Hall–Kier alpha value is -3.90. The van der Waals surface area contributed by atoms with E-state index in [0.717, 1.165) is 5.56 Å². The summed E-state index contributed by atoms with van der Waals surface area (Å²) >= 11 is 0. The number of nitrogens with zero attached hydrogens (tertiary/aromatic N) is 3. The van der Waals surface area contributed by atoms with Gasteiger partial charge in [0.25, 0.3) is 0 Å². The molecule has 0 saturated carbocycles. The molecule has 0 atom stereocenters. The highest BCUT2D eigenvalue weighted by Gasteiger charge is 2.19. The molecule has 2 aromatic carbocycles. The average molecular weight is 343 g/mol. The van der Waals surface area contributed by atoms with Crippen molar-refractivity contribution in [3.8, 4) is 23.3 Å². The van der Waals surface area contributed by atoms with E-state index in [-0.39, 0.29) is 28.6 Å². The number of hydrogen-bond acceptors (Lipinski definition) is 5. The van der Waals surface area contributed by atoms with E-state index < -0.39 is 0 Å². The van der Waals surface area contributed by atoms with E-state index in [1.165, 1.54) is 12.1 Å². The highest BCUT2D eigenvalue weighted by atomic mass is 19.1. The molecule has 1 aromatic heterocycles. The van der Waals surface area contributed by atoms with Gasteiger partial charge >= 0.3 is 0 Å². The number of halogens is 1. The summed E-state index contributed by atoms with van der Waals surface area (Å²) in [5.41, 5.74) is 8.33. The molecule has 1 heterocycles. The number of nitriles is 2. The van der Waals surface area contributed by atoms with E-state index in [0.29, 0.717) is 17.7 Å². The zero-order valence-electron chi connectivity index (χ0n) is 13.7. The van der Waals surface area contributed by atoms with Gasteiger partial charge in [0.1, 0.15) is 40.7 Å².